The molecule has 2 aromatic rings. The van der Waals surface area contributed by atoms with E-state index < -0.39 is 5.97 Å². The second kappa shape index (κ2) is 9.84. The first-order chi connectivity index (χ1) is 12.0. The van der Waals surface area contributed by atoms with Crippen LogP contribution in [0.1, 0.15) is 18.4 Å². The van der Waals surface area contributed by atoms with E-state index in [0.717, 1.165) is 15.8 Å². The molecule has 2 rings (SSSR count). The fraction of sp³-hybridized carbons (Fsp3) is 0.263. The fourth-order valence-corrected chi connectivity index (χ4v) is 2.32. The molecule has 0 aliphatic rings. The predicted octanol–water partition coefficient (Wildman–Crippen LogP) is 4.10. The second-order valence-corrected chi connectivity index (χ2v) is 6.35. The summed E-state index contributed by atoms with van der Waals surface area (Å²) in [7, 11) is 0. The summed E-state index contributed by atoms with van der Waals surface area (Å²) in [6.45, 7) is 2.01. The zero-order chi connectivity index (χ0) is 18.1. The summed E-state index contributed by atoms with van der Waals surface area (Å²) in [5.74, 6) is -0.0257. The molecule has 0 atom stereocenters. The number of hydrogen-bond acceptors (Lipinski definition) is 4. The van der Waals surface area contributed by atoms with Crippen LogP contribution in [0, 0.1) is 6.92 Å². The summed E-state index contributed by atoms with van der Waals surface area (Å²) in [4.78, 5) is 23.5. The molecule has 0 saturated carbocycles. The zero-order valence-corrected chi connectivity index (χ0v) is 15.5. The highest BCUT2D eigenvalue weighted by atomic mass is 79.9. The predicted molar refractivity (Wildman–Crippen MR) is 99.6 cm³/mol. The Hall–Kier alpha value is -2.34. The van der Waals surface area contributed by atoms with Crippen LogP contribution in [-0.4, -0.2) is 25.1 Å². The van der Waals surface area contributed by atoms with Crippen molar-refractivity contribution in [1.29, 1.82) is 0 Å². The maximum atomic E-state index is 11.8. The van der Waals surface area contributed by atoms with Crippen molar-refractivity contribution in [2.45, 2.75) is 19.8 Å². The van der Waals surface area contributed by atoms with Gasteiger partial charge in [-0.25, -0.2) is 0 Å². The van der Waals surface area contributed by atoms with Crippen LogP contribution >= 0.6 is 15.9 Å². The summed E-state index contributed by atoms with van der Waals surface area (Å²) in [5.41, 5.74) is 1.67. The average Bonchev–Trinajstić information content (AvgIpc) is 2.60. The lowest BCUT2D eigenvalue weighted by Gasteiger charge is -2.09. The van der Waals surface area contributed by atoms with E-state index in [1.54, 1.807) is 6.07 Å². The van der Waals surface area contributed by atoms with Gasteiger partial charge in [-0.2, -0.15) is 0 Å². The summed E-state index contributed by atoms with van der Waals surface area (Å²) in [6.07, 6.45) is 0.725. The van der Waals surface area contributed by atoms with E-state index in [2.05, 4.69) is 21.2 Å². The van der Waals surface area contributed by atoms with E-state index in [1.807, 2.05) is 49.4 Å². The Balaban J connectivity index is 1.61. The lowest BCUT2D eigenvalue weighted by atomic mass is 10.2. The molecule has 25 heavy (non-hydrogen) atoms. The molecule has 0 heterocycles. The zero-order valence-electron chi connectivity index (χ0n) is 14.0. The number of ether oxygens (including phenoxy) is 2. The quantitative estimate of drug-likeness (QED) is 0.530. The third-order valence-electron chi connectivity index (χ3n) is 3.39. The molecule has 5 nitrogen and oxygen atoms in total. The van der Waals surface area contributed by atoms with Gasteiger partial charge < -0.3 is 14.8 Å². The molecule has 6 heteroatoms. The normalized spacial score (nSPS) is 10.2. The molecular formula is C19H20BrNO4. The number of para-hydroxylation sites is 1. The second-order valence-electron chi connectivity index (χ2n) is 5.43. The Morgan fingerprint density at radius 1 is 1.08 bits per heavy atom. The van der Waals surface area contributed by atoms with Crippen molar-refractivity contribution >= 4 is 33.5 Å². The Morgan fingerprint density at radius 3 is 2.52 bits per heavy atom. The molecule has 1 amide bonds. The van der Waals surface area contributed by atoms with Gasteiger partial charge in [-0.15, -0.1) is 0 Å². The van der Waals surface area contributed by atoms with Crippen LogP contribution < -0.4 is 10.1 Å². The third kappa shape index (κ3) is 6.97. The molecule has 0 aliphatic heterocycles. The van der Waals surface area contributed by atoms with Gasteiger partial charge in [0.1, 0.15) is 5.75 Å². The first kappa shape index (κ1) is 19.0. The topological polar surface area (TPSA) is 64.6 Å². The van der Waals surface area contributed by atoms with Crippen LogP contribution in [0.25, 0.3) is 0 Å². The Bertz CT molecular complexity index is 716. The summed E-state index contributed by atoms with van der Waals surface area (Å²) in [5, 5.41) is 2.71. The van der Waals surface area contributed by atoms with Crippen LogP contribution in [0.15, 0.2) is 53.0 Å². The van der Waals surface area contributed by atoms with Crippen LogP contribution in [0.2, 0.25) is 0 Å². The van der Waals surface area contributed by atoms with E-state index in [4.69, 9.17) is 9.47 Å². The molecule has 0 radical (unpaired) electrons. The molecule has 0 unspecified atom stereocenters. The molecule has 0 saturated heterocycles. The molecule has 0 aliphatic carbocycles. The van der Waals surface area contributed by atoms with Crippen molar-refractivity contribution in [3.8, 4) is 5.75 Å². The van der Waals surface area contributed by atoms with Gasteiger partial charge in [0.05, 0.1) is 6.61 Å². The average molecular weight is 406 g/mol. The van der Waals surface area contributed by atoms with Gasteiger partial charge in [-0.1, -0.05) is 34.1 Å². The molecule has 1 N–H and O–H groups in total. The number of hydrogen-bond donors (Lipinski definition) is 1. The summed E-state index contributed by atoms with van der Waals surface area (Å²) < 4.78 is 11.5. The summed E-state index contributed by atoms with van der Waals surface area (Å²) in [6, 6.07) is 14.9. The third-order valence-corrected chi connectivity index (χ3v) is 3.92. The lowest BCUT2D eigenvalue weighted by Crippen LogP contribution is -2.21. The van der Waals surface area contributed by atoms with Crippen molar-refractivity contribution in [1.82, 2.24) is 0 Å². The molecule has 2 aromatic carbocycles. The van der Waals surface area contributed by atoms with Crippen molar-refractivity contribution in [3.63, 3.8) is 0 Å². The minimum atomic E-state index is -0.417. The van der Waals surface area contributed by atoms with Crippen LogP contribution in [0.3, 0.4) is 0 Å². The van der Waals surface area contributed by atoms with E-state index in [-0.39, 0.29) is 18.9 Å². The Labute approximate surface area is 155 Å². The van der Waals surface area contributed by atoms with Crippen LogP contribution in [0.4, 0.5) is 5.69 Å². The van der Waals surface area contributed by atoms with E-state index >= 15 is 0 Å². The van der Waals surface area contributed by atoms with Gasteiger partial charge in [0.2, 0.25) is 0 Å². The lowest BCUT2D eigenvalue weighted by molar-refractivity contribution is -0.147. The number of esters is 1. The number of aryl methyl sites for hydroxylation is 1. The smallest absolute Gasteiger partial charge is 0.306 e. The number of anilines is 1. The molecule has 0 spiro atoms. The Morgan fingerprint density at radius 2 is 1.80 bits per heavy atom. The maximum Gasteiger partial charge on any atom is 0.306 e. The van der Waals surface area contributed by atoms with Gasteiger partial charge in [-0.05, 0) is 49.2 Å². The van der Waals surface area contributed by atoms with Gasteiger partial charge >= 0.3 is 5.97 Å². The number of amides is 1. The molecular weight excluding hydrogens is 386 g/mol. The van der Waals surface area contributed by atoms with E-state index in [1.165, 1.54) is 0 Å². The van der Waals surface area contributed by atoms with Gasteiger partial charge in [-0.3, -0.25) is 9.59 Å². The van der Waals surface area contributed by atoms with Crippen LogP contribution in [0.5, 0.6) is 5.75 Å². The first-order valence-electron chi connectivity index (χ1n) is 7.94. The first-order valence-corrected chi connectivity index (χ1v) is 8.73. The number of carbonyl (C=O) groups excluding carboxylic acids is 2. The van der Waals surface area contributed by atoms with Crippen molar-refractivity contribution in [2.75, 3.05) is 18.5 Å². The van der Waals surface area contributed by atoms with Gasteiger partial charge in [0, 0.05) is 16.6 Å². The van der Waals surface area contributed by atoms with Crippen molar-refractivity contribution in [3.05, 3.63) is 58.6 Å². The number of rotatable bonds is 8. The van der Waals surface area contributed by atoms with Gasteiger partial charge in [0.25, 0.3) is 5.91 Å². The largest absolute Gasteiger partial charge is 0.494 e. The van der Waals surface area contributed by atoms with Crippen LogP contribution in [-0.2, 0) is 14.3 Å². The van der Waals surface area contributed by atoms with Crippen molar-refractivity contribution in [2.24, 2.45) is 0 Å². The van der Waals surface area contributed by atoms with Gasteiger partial charge in [0.15, 0.2) is 6.61 Å². The Kier molecular flexibility index (Phi) is 7.47. The monoisotopic (exact) mass is 405 g/mol. The number of carbonyl (C=O) groups is 2. The highest BCUT2D eigenvalue weighted by Crippen LogP contribution is 2.16. The molecule has 0 bridgehead atoms. The number of benzene rings is 2. The number of nitrogens with one attached hydrogen (secondary N) is 1. The minimum Gasteiger partial charge on any atom is -0.494 e. The molecule has 132 valence electrons. The maximum absolute atomic E-state index is 11.8. The molecule has 0 aromatic heterocycles. The highest BCUT2D eigenvalue weighted by molar-refractivity contribution is 9.10. The van der Waals surface area contributed by atoms with Crippen molar-refractivity contribution < 1.29 is 19.1 Å². The SMILES string of the molecule is Cc1ccccc1NC(=O)COC(=O)CCCOc1ccc(Br)cc1. The minimum absolute atomic E-state index is 0.203. The standard InChI is InChI=1S/C19H20BrNO4/c1-14-5-2-3-6-17(14)21-18(22)13-25-19(23)7-4-12-24-16-10-8-15(20)9-11-16/h2-3,5-6,8-11H,4,7,12-13H2,1H3,(H,21,22). The highest BCUT2D eigenvalue weighted by Gasteiger charge is 2.09. The van der Waals surface area contributed by atoms with E-state index in [9.17, 15) is 9.59 Å². The van der Waals surface area contributed by atoms with E-state index in [0.29, 0.717) is 18.7 Å². The number of halogens is 1. The molecule has 0 fully saturated rings. The fourth-order valence-electron chi connectivity index (χ4n) is 2.05. The summed E-state index contributed by atoms with van der Waals surface area (Å²) >= 11 is 3.35.